The number of nitrogens with zero attached hydrogens (tertiary/aromatic N) is 2. The van der Waals surface area contributed by atoms with Crippen LogP contribution in [-0.4, -0.2) is 9.97 Å². The first-order valence-electron chi connectivity index (χ1n) is 5.56. The zero-order chi connectivity index (χ0) is 14.8. The molecule has 8 heteroatoms. The van der Waals surface area contributed by atoms with Crippen molar-refractivity contribution in [2.75, 3.05) is 5.43 Å². The zero-order valence-corrected chi connectivity index (χ0v) is 10.4. The van der Waals surface area contributed by atoms with Gasteiger partial charge in [0.15, 0.2) is 0 Å². The maximum Gasteiger partial charge on any atom is 0.416 e. The maximum absolute atomic E-state index is 12.6. The van der Waals surface area contributed by atoms with Gasteiger partial charge in [-0.3, -0.25) is 0 Å². The molecular weight excluding hydrogens is 273 g/mol. The number of aromatic nitrogens is 2. The lowest BCUT2D eigenvalue weighted by molar-refractivity contribution is -0.137. The highest BCUT2D eigenvalue weighted by Crippen LogP contribution is 2.32. The number of aryl methyl sites for hydroxylation is 1. The Bertz CT molecular complexity index is 616. The number of alkyl halides is 3. The molecule has 0 amide bonds. The lowest BCUT2D eigenvalue weighted by Gasteiger charge is -2.10. The summed E-state index contributed by atoms with van der Waals surface area (Å²) in [5.74, 6) is 6.03. The van der Waals surface area contributed by atoms with E-state index in [0.29, 0.717) is 11.6 Å². The molecule has 0 bridgehead atoms. The summed E-state index contributed by atoms with van der Waals surface area (Å²) in [7, 11) is 0. The van der Waals surface area contributed by atoms with Crippen molar-refractivity contribution in [3.05, 3.63) is 41.7 Å². The number of hydrogen-bond donors (Lipinski definition) is 2. The van der Waals surface area contributed by atoms with Crippen LogP contribution in [0.1, 0.15) is 11.4 Å². The van der Waals surface area contributed by atoms with Gasteiger partial charge in [0.2, 0.25) is 5.88 Å². The van der Waals surface area contributed by atoms with E-state index in [4.69, 9.17) is 10.6 Å². The van der Waals surface area contributed by atoms with Gasteiger partial charge in [-0.1, -0.05) is 6.07 Å². The van der Waals surface area contributed by atoms with Gasteiger partial charge in [0, 0.05) is 6.07 Å². The summed E-state index contributed by atoms with van der Waals surface area (Å²) < 4.78 is 43.0. The Balaban J connectivity index is 2.28. The number of nitrogen functional groups attached to an aromatic ring is 1. The third kappa shape index (κ3) is 3.35. The zero-order valence-electron chi connectivity index (χ0n) is 10.4. The van der Waals surface area contributed by atoms with Crippen molar-refractivity contribution in [1.29, 1.82) is 0 Å². The quantitative estimate of drug-likeness (QED) is 0.669. The van der Waals surface area contributed by atoms with E-state index in [1.165, 1.54) is 18.2 Å². The highest BCUT2D eigenvalue weighted by molar-refractivity contribution is 5.39. The Hall–Kier alpha value is -2.35. The van der Waals surface area contributed by atoms with Gasteiger partial charge in [0.25, 0.3) is 0 Å². The predicted octanol–water partition coefficient (Wildman–Crippen LogP) is 2.88. The normalized spacial score (nSPS) is 11.2. The van der Waals surface area contributed by atoms with Crippen molar-refractivity contribution >= 4 is 5.82 Å². The number of nitrogens with two attached hydrogens (primary N) is 1. The van der Waals surface area contributed by atoms with Gasteiger partial charge in [0.1, 0.15) is 17.4 Å². The smallest absolute Gasteiger partial charge is 0.416 e. The van der Waals surface area contributed by atoms with Crippen LogP contribution in [0.5, 0.6) is 11.6 Å². The van der Waals surface area contributed by atoms with Gasteiger partial charge in [-0.15, -0.1) is 0 Å². The lowest BCUT2D eigenvalue weighted by atomic mass is 10.2. The van der Waals surface area contributed by atoms with E-state index >= 15 is 0 Å². The molecule has 0 saturated heterocycles. The third-order valence-electron chi connectivity index (χ3n) is 2.35. The topological polar surface area (TPSA) is 73.1 Å². The molecule has 1 aromatic carbocycles. The van der Waals surface area contributed by atoms with Crippen molar-refractivity contribution in [3.8, 4) is 11.6 Å². The highest BCUT2D eigenvalue weighted by atomic mass is 19.4. The Morgan fingerprint density at radius 3 is 2.60 bits per heavy atom. The molecule has 0 spiro atoms. The van der Waals surface area contributed by atoms with Crippen molar-refractivity contribution < 1.29 is 17.9 Å². The fourth-order valence-corrected chi connectivity index (χ4v) is 1.52. The molecule has 5 nitrogen and oxygen atoms in total. The lowest BCUT2D eigenvalue weighted by Crippen LogP contribution is -2.10. The van der Waals surface area contributed by atoms with E-state index in [1.54, 1.807) is 6.92 Å². The Labute approximate surface area is 112 Å². The number of ether oxygens (including phenoxy) is 1. The Kier molecular flexibility index (Phi) is 3.75. The predicted molar refractivity (Wildman–Crippen MR) is 66.1 cm³/mol. The molecule has 106 valence electrons. The van der Waals surface area contributed by atoms with E-state index in [2.05, 4.69) is 15.4 Å². The number of anilines is 1. The van der Waals surface area contributed by atoms with Crippen LogP contribution in [-0.2, 0) is 6.18 Å². The van der Waals surface area contributed by atoms with Gasteiger partial charge in [-0.25, -0.2) is 10.8 Å². The van der Waals surface area contributed by atoms with Gasteiger partial charge in [0.05, 0.1) is 5.56 Å². The van der Waals surface area contributed by atoms with Crippen LogP contribution >= 0.6 is 0 Å². The summed E-state index contributed by atoms with van der Waals surface area (Å²) in [6, 6.07) is 5.90. The molecule has 0 aliphatic rings. The average molecular weight is 284 g/mol. The second-order valence-corrected chi connectivity index (χ2v) is 3.91. The monoisotopic (exact) mass is 284 g/mol. The molecule has 1 heterocycles. The van der Waals surface area contributed by atoms with E-state index in [-0.39, 0.29) is 11.6 Å². The van der Waals surface area contributed by atoms with E-state index < -0.39 is 11.7 Å². The summed E-state index contributed by atoms with van der Waals surface area (Å²) >= 11 is 0. The minimum absolute atomic E-state index is 0.0286. The Morgan fingerprint density at radius 2 is 1.95 bits per heavy atom. The number of rotatable bonds is 3. The number of hydrazine groups is 1. The molecule has 0 unspecified atom stereocenters. The van der Waals surface area contributed by atoms with Crippen molar-refractivity contribution in [3.63, 3.8) is 0 Å². The summed E-state index contributed by atoms with van der Waals surface area (Å²) in [5.41, 5.74) is 1.52. The second-order valence-electron chi connectivity index (χ2n) is 3.91. The molecule has 2 aromatic rings. The van der Waals surface area contributed by atoms with E-state index in [0.717, 1.165) is 12.1 Å². The first-order valence-corrected chi connectivity index (χ1v) is 5.56. The van der Waals surface area contributed by atoms with Crippen LogP contribution in [0.4, 0.5) is 19.0 Å². The molecule has 3 N–H and O–H groups in total. The maximum atomic E-state index is 12.6. The molecule has 0 aliphatic heterocycles. The van der Waals surface area contributed by atoms with Crippen molar-refractivity contribution in [2.45, 2.75) is 13.1 Å². The highest BCUT2D eigenvalue weighted by Gasteiger charge is 2.30. The van der Waals surface area contributed by atoms with Crippen LogP contribution in [0.3, 0.4) is 0 Å². The van der Waals surface area contributed by atoms with Gasteiger partial charge in [-0.05, 0) is 25.1 Å². The van der Waals surface area contributed by atoms with Crippen molar-refractivity contribution in [1.82, 2.24) is 9.97 Å². The number of nitrogens with one attached hydrogen (secondary N) is 1. The number of halogens is 3. The first kappa shape index (κ1) is 14.1. The van der Waals surface area contributed by atoms with Crippen LogP contribution in [0.2, 0.25) is 0 Å². The molecule has 2 rings (SSSR count). The van der Waals surface area contributed by atoms with Crippen LogP contribution in [0.25, 0.3) is 0 Å². The summed E-state index contributed by atoms with van der Waals surface area (Å²) in [5, 5.41) is 0. The largest absolute Gasteiger partial charge is 0.439 e. The summed E-state index contributed by atoms with van der Waals surface area (Å²) in [4.78, 5) is 7.90. The number of hydrogen-bond acceptors (Lipinski definition) is 5. The average Bonchev–Trinajstić information content (AvgIpc) is 2.37. The van der Waals surface area contributed by atoms with Crippen LogP contribution in [0.15, 0.2) is 30.3 Å². The van der Waals surface area contributed by atoms with Crippen LogP contribution in [0, 0.1) is 6.92 Å². The first-order chi connectivity index (χ1) is 9.38. The molecule has 1 aromatic heterocycles. The third-order valence-corrected chi connectivity index (χ3v) is 2.35. The SMILES string of the molecule is Cc1nc(NN)cc(Oc2cccc(C(F)(F)F)c2)n1. The van der Waals surface area contributed by atoms with Gasteiger partial charge < -0.3 is 10.2 Å². The molecule has 20 heavy (non-hydrogen) atoms. The van der Waals surface area contributed by atoms with Crippen molar-refractivity contribution in [2.24, 2.45) is 5.84 Å². The summed E-state index contributed by atoms with van der Waals surface area (Å²) in [6.07, 6.45) is -4.43. The van der Waals surface area contributed by atoms with Crippen LogP contribution < -0.4 is 16.0 Å². The minimum Gasteiger partial charge on any atom is -0.439 e. The van der Waals surface area contributed by atoms with Gasteiger partial charge in [-0.2, -0.15) is 18.2 Å². The van der Waals surface area contributed by atoms with E-state index in [9.17, 15) is 13.2 Å². The number of benzene rings is 1. The molecule has 0 saturated carbocycles. The standard InChI is InChI=1S/C12H11F3N4O/c1-7-17-10(19-16)6-11(18-7)20-9-4-2-3-8(5-9)12(13,14)15/h2-6H,16H2,1H3,(H,17,18,19). The summed E-state index contributed by atoms with van der Waals surface area (Å²) in [6.45, 7) is 1.61. The van der Waals surface area contributed by atoms with E-state index in [1.807, 2.05) is 0 Å². The second kappa shape index (κ2) is 5.33. The molecule has 0 aliphatic carbocycles. The fraction of sp³-hybridized carbons (Fsp3) is 0.167. The minimum atomic E-state index is -4.43. The molecule has 0 atom stereocenters. The Morgan fingerprint density at radius 1 is 1.20 bits per heavy atom. The molecule has 0 radical (unpaired) electrons. The fourth-order valence-electron chi connectivity index (χ4n) is 1.52. The van der Waals surface area contributed by atoms with Gasteiger partial charge >= 0.3 is 6.18 Å². The molecular formula is C12H11F3N4O. The molecule has 0 fully saturated rings.